The van der Waals surface area contributed by atoms with Crippen molar-refractivity contribution in [1.82, 2.24) is 14.7 Å². The second kappa shape index (κ2) is 6.74. The van der Waals surface area contributed by atoms with Crippen LogP contribution in [0.25, 0.3) is 5.65 Å². The van der Waals surface area contributed by atoms with Crippen molar-refractivity contribution in [3.8, 4) is 5.75 Å². The molecule has 124 valence electrons. The van der Waals surface area contributed by atoms with Crippen molar-refractivity contribution in [2.75, 3.05) is 7.11 Å². The fourth-order valence-electron chi connectivity index (χ4n) is 2.70. The van der Waals surface area contributed by atoms with Crippen LogP contribution in [0.3, 0.4) is 0 Å². The predicted octanol–water partition coefficient (Wildman–Crippen LogP) is 3.53. The van der Waals surface area contributed by atoms with Gasteiger partial charge >= 0.3 is 0 Å². The van der Waals surface area contributed by atoms with E-state index >= 15 is 0 Å². The summed E-state index contributed by atoms with van der Waals surface area (Å²) in [5, 5.41) is 3.06. The first-order valence-electron chi connectivity index (χ1n) is 8.01. The van der Waals surface area contributed by atoms with Gasteiger partial charge in [0.1, 0.15) is 17.1 Å². The van der Waals surface area contributed by atoms with Gasteiger partial charge in [0.2, 0.25) is 0 Å². The highest BCUT2D eigenvalue weighted by atomic mass is 16.5. The molecule has 0 aliphatic heterocycles. The van der Waals surface area contributed by atoms with Crippen LogP contribution in [0, 0.1) is 6.92 Å². The van der Waals surface area contributed by atoms with Crippen LogP contribution in [0.4, 0.5) is 0 Å². The summed E-state index contributed by atoms with van der Waals surface area (Å²) >= 11 is 0. The SMILES string of the molecule is CC[C@H](NC(=O)c1cn2cc(C)ccc2n1)c1ccc(OC)cc1. The smallest absolute Gasteiger partial charge is 0.271 e. The number of nitrogens with zero attached hydrogens (tertiary/aromatic N) is 2. The number of hydrogen-bond acceptors (Lipinski definition) is 3. The molecule has 0 spiro atoms. The normalized spacial score (nSPS) is 12.1. The minimum Gasteiger partial charge on any atom is -0.497 e. The van der Waals surface area contributed by atoms with Gasteiger partial charge in [0.05, 0.1) is 13.2 Å². The van der Waals surface area contributed by atoms with E-state index in [4.69, 9.17) is 4.74 Å². The molecular weight excluding hydrogens is 302 g/mol. The van der Waals surface area contributed by atoms with E-state index in [-0.39, 0.29) is 11.9 Å². The maximum atomic E-state index is 12.6. The summed E-state index contributed by atoms with van der Waals surface area (Å²) in [7, 11) is 1.64. The molecular formula is C19H21N3O2. The molecule has 1 N–H and O–H groups in total. The molecule has 5 nitrogen and oxygen atoms in total. The van der Waals surface area contributed by atoms with Crippen molar-refractivity contribution in [2.45, 2.75) is 26.3 Å². The minimum absolute atomic E-state index is 0.0602. The third kappa shape index (κ3) is 3.25. The Hall–Kier alpha value is -2.82. The average Bonchev–Trinajstić information content (AvgIpc) is 3.03. The number of aromatic nitrogens is 2. The first-order valence-corrected chi connectivity index (χ1v) is 8.01. The van der Waals surface area contributed by atoms with E-state index in [1.807, 2.05) is 60.8 Å². The van der Waals surface area contributed by atoms with Crippen molar-refractivity contribution in [2.24, 2.45) is 0 Å². The lowest BCUT2D eigenvalue weighted by Crippen LogP contribution is -2.28. The Balaban J connectivity index is 1.79. The minimum atomic E-state index is -0.168. The zero-order chi connectivity index (χ0) is 17.1. The molecule has 3 aromatic rings. The van der Waals surface area contributed by atoms with Crippen LogP contribution >= 0.6 is 0 Å². The zero-order valence-corrected chi connectivity index (χ0v) is 14.1. The first kappa shape index (κ1) is 16.1. The van der Waals surface area contributed by atoms with E-state index in [2.05, 4.69) is 10.3 Å². The van der Waals surface area contributed by atoms with Gasteiger partial charge in [-0.25, -0.2) is 4.98 Å². The van der Waals surface area contributed by atoms with Gasteiger partial charge in [-0.05, 0) is 42.7 Å². The number of nitrogens with one attached hydrogen (secondary N) is 1. The topological polar surface area (TPSA) is 55.6 Å². The number of ether oxygens (including phenoxy) is 1. The lowest BCUT2D eigenvalue weighted by Gasteiger charge is -2.17. The van der Waals surface area contributed by atoms with Gasteiger partial charge in [-0.1, -0.05) is 25.1 Å². The summed E-state index contributed by atoms with van der Waals surface area (Å²) < 4.78 is 7.05. The van der Waals surface area contributed by atoms with Crippen LogP contribution in [0.2, 0.25) is 0 Å². The van der Waals surface area contributed by atoms with Crippen LogP contribution in [0.1, 0.15) is 41.0 Å². The number of benzene rings is 1. The molecule has 3 rings (SSSR count). The van der Waals surface area contributed by atoms with E-state index in [9.17, 15) is 4.79 Å². The summed E-state index contributed by atoms with van der Waals surface area (Å²) in [5.74, 6) is 0.634. The van der Waals surface area contributed by atoms with Gasteiger partial charge < -0.3 is 14.5 Å². The molecule has 0 radical (unpaired) electrons. The molecule has 0 saturated carbocycles. The number of hydrogen-bond donors (Lipinski definition) is 1. The quantitative estimate of drug-likeness (QED) is 0.781. The molecule has 1 amide bonds. The Bertz CT molecular complexity index is 853. The molecule has 0 unspecified atom stereocenters. The second-order valence-corrected chi connectivity index (χ2v) is 5.81. The molecule has 1 aromatic carbocycles. The third-order valence-corrected chi connectivity index (χ3v) is 4.06. The summed E-state index contributed by atoms with van der Waals surface area (Å²) in [6.07, 6.45) is 4.52. The summed E-state index contributed by atoms with van der Waals surface area (Å²) in [6.45, 7) is 4.05. The highest BCUT2D eigenvalue weighted by Crippen LogP contribution is 2.20. The number of rotatable bonds is 5. The molecule has 24 heavy (non-hydrogen) atoms. The molecule has 0 bridgehead atoms. The molecule has 0 aliphatic carbocycles. The summed E-state index contributed by atoms with van der Waals surface area (Å²) in [5.41, 5.74) is 3.36. The largest absolute Gasteiger partial charge is 0.497 e. The number of pyridine rings is 1. The predicted molar refractivity (Wildman–Crippen MR) is 93.4 cm³/mol. The van der Waals surface area contributed by atoms with Crippen LogP contribution in [-0.2, 0) is 0 Å². The van der Waals surface area contributed by atoms with Crippen LogP contribution in [0.5, 0.6) is 5.75 Å². The maximum absolute atomic E-state index is 12.6. The number of carbonyl (C=O) groups is 1. The van der Waals surface area contributed by atoms with E-state index < -0.39 is 0 Å². The maximum Gasteiger partial charge on any atom is 0.271 e. The summed E-state index contributed by atoms with van der Waals surface area (Å²) in [4.78, 5) is 16.9. The third-order valence-electron chi connectivity index (χ3n) is 4.06. The Labute approximate surface area is 141 Å². The lowest BCUT2D eigenvalue weighted by atomic mass is 10.0. The van der Waals surface area contributed by atoms with Gasteiger partial charge in [-0.15, -0.1) is 0 Å². The van der Waals surface area contributed by atoms with Gasteiger partial charge in [-0.2, -0.15) is 0 Å². The van der Waals surface area contributed by atoms with E-state index in [1.165, 1.54) is 0 Å². The second-order valence-electron chi connectivity index (χ2n) is 5.81. The summed E-state index contributed by atoms with van der Waals surface area (Å²) in [6, 6.07) is 11.6. The van der Waals surface area contributed by atoms with Gasteiger partial charge in [-0.3, -0.25) is 4.79 Å². The van der Waals surface area contributed by atoms with E-state index in [0.29, 0.717) is 5.69 Å². The van der Waals surface area contributed by atoms with Crippen LogP contribution < -0.4 is 10.1 Å². The Morgan fingerprint density at radius 1 is 1.21 bits per heavy atom. The molecule has 1 atom stereocenters. The van der Waals surface area contributed by atoms with E-state index in [0.717, 1.165) is 28.9 Å². The van der Waals surface area contributed by atoms with Crippen molar-refractivity contribution in [3.63, 3.8) is 0 Å². The molecule has 2 aromatic heterocycles. The molecule has 0 saturated heterocycles. The van der Waals surface area contributed by atoms with Crippen LogP contribution in [-0.4, -0.2) is 22.4 Å². The number of amides is 1. The molecule has 0 fully saturated rings. The first-order chi connectivity index (χ1) is 11.6. The molecule has 2 heterocycles. The van der Waals surface area contributed by atoms with Gasteiger partial charge in [0, 0.05) is 12.4 Å². The highest BCUT2D eigenvalue weighted by molar-refractivity contribution is 5.93. The fourth-order valence-corrected chi connectivity index (χ4v) is 2.70. The van der Waals surface area contributed by atoms with E-state index in [1.54, 1.807) is 13.3 Å². The highest BCUT2D eigenvalue weighted by Gasteiger charge is 2.16. The van der Waals surface area contributed by atoms with Crippen molar-refractivity contribution in [1.29, 1.82) is 0 Å². The average molecular weight is 323 g/mol. The van der Waals surface area contributed by atoms with Crippen molar-refractivity contribution in [3.05, 3.63) is 65.6 Å². The zero-order valence-electron chi connectivity index (χ0n) is 14.1. The number of fused-ring (bicyclic) bond motifs is 1. The van der Waals surface area contributed by atoms with Crippen molar-refractivity contribution < 1.29 is 9.53 Å². The number of imidazole rings is 1. The Morgan fingerprint density at radius 2 is 1.96 bits per heavy atom. The number of aryl methyl sites for hydroxylation is 1. The Kier molecular flexibility index (Phi) is 4.51. The van der Waals surface area contributed by atoms with Crippen LogP contribution in [0.15, 0.2) is 48.8 Å². The molecule has 5 heteroatoms. The fraction of sp³-hybridized carbons (Fsp3) is 0.263. The standard InChI is InChI=1S/C19H21N3O2/c1-4-16(14-6-8-15(24-3)9-7-14)21-19(23)17-12-22-11-13(2)5-10-18(22)20-17/h5-12,16H,4H2,1-3H3,(H,21,23)/t16-/m0/s1. The van der Waals surface area contributed by atoms with Crippen molar-refractivity contribution >= 4 is 11.6 Å². The van der Waals surface area contributed by atoms with Gasteiger partial charge in [0.15, 0.2) is 0 Å². The van der Waals surface area contributed by atoms with Gasteiger partial charge in [0.25, 0.3) is 5.91 Å². The Morgan fingerprint density at radius 3 is 2.62 bits per heavy atom. The lowest BCUT2D eigenvalue weighted by molar-refractivity contribution is 0.0931. The number of carbonyl (C=O) groups excluding carboxylic acids is 1. The molecule has 0 aliphatic rings. The number of methoxy groups -OCH3 is 1. The monoisotopic (exact) mass is 323 g/mol.